The van der Waals surface area contributed by atoms with Gasteiger partial charge in [0.1, 0.15) is 11.6 Å². The Bertz CT molecular complexity index is 990. The maximum atomic E-state index is 13.7. The van der Waals surface area contributed by atoms with Gasteiger partial charge in [0.2, 0.25) is 5.91 Å². The van der Waals surface area contributed by atoms with E-state index in [-0.39, 0.29) is 37.8 Å². The van der Waals surface area contributed by atoms with Gasteiger partial charge in [-0.05, 0) is 60.9 Å². The third-order valence-electron chi connectivity index (χ3n) is 6.27. The normalized spacial score (nSPS) is 16.0. The molecule has 0 saturated heterocycles. The van der Waals surface area contributed by atoms with Crippen LogP contribution < -0.4 is 10.6 Å². The molecule has 6 nitrogen and oxygen atoms in total. The summed E-state index contributed by atoms with van der Waals surface area (Å²) in [5.41, 5.74) is 2.46. The Hall–Kier alpha value is -2.84. The molecule has 2 aromatic rings. The van der Waals surface area contributed by atoms with Crippen LogP contribution in [-0.4, -0.2) is 40.8 Å². The molecule has 0 spiro atoms. The molecule has 0 aliphatic heterocycles. The van der Waals surface area contributed by atoms with Crippen LogP contribution in [0, 0.1) is 11.6 Å². The van der Waals surface area contributed by atoms with Gasteiger partial charge in [0, 0.05) is 31.0 Å². The van der Waals surface area contributed by atoms with E-state index in [1.54, 1.807) is 0 Å². The monoisotopic (exact) mass is 474 g/mol. The molecule has 4 N–H and O–H groups in total. The van der Waals surface area contributed by atoms with Gasteiger partial charge in [-0.2, -0.15) is 0 Å². The second-order valence-electron chi connectivity index (χ2n) is 8.99. The fourth-order valence-electron chi connectivity index (χ4n) is 4.17. The Kier molecular flexibility index (Phi) is 8.74. The first-order valence-electron chi connectivity index (χ1n) is 11.7. The standard InChI is InChI=1S/C26H32F2N2O4/c1-2-17-5-3-6-19(11-17)26(9-10-26)29-16-23(31)22(30-24(32)7-4-8-25(33)34)14-18-12-20(27)15-21(28)13-18/h3,5-6,11-13,15,22-23,29,31H,2,4,7-10,14,16H2,1H3,(H,30,32)(H,33,34). The van der Waals surface area contributed by atoms with Crippen LogP contribution in [0.15, 0.2) is 42.5 Å². The van der Waals surface area contributed by atoms with Crippen molar-refractivity contribution in [3.63, 3.8) is 0 Å². The topological polar surface area (TPSA) is 98.7 Å². The molecule has 2 atom stereocenters. The van der Waals surface area contributed by atoms with Crippen LogP contribution in [0.2, 0.25) is 0 Å². The van der Waals surface area contributed by atoms with Gasteiger partial charge in [0.25, 0.3) is 0 Å². The van der Waals surface area contributed by atoms with Crippen LogP contribution in [0.5, 0.6) is 0 Å². The molecule has 1 amide bonds. The van der Waals surface area contributed by atoms with Crippen LogP contribution in [-0.2, 0) is 28.0 Å². The van der Waals surface area contributed by atoms with E-state index in [9.17, 15) is 23.5 Å². The number of hydrogen-bond acceptors (Lipinski definition) is 4. The number of amides is 1. The summed E-state index contributed by atoms with van der Waals surface area (Å²) in [6.45, 7) is 2.27. The Balaban J connectivity index is 1.68. The third-order valence-corrected chi connectivity index (χ3v) is 6.27. The summed E-state index contributed by atoms with van der Waals surface area (Å²) in [6, 6.07) is 10.6. The summed E-state index contributed by atoms with van der Waals surface area (Å²) >= 11 is 0. The SMILES string of the molecule is CCc1cccc(C2(NCC(O)C(Cc3cc(F)cc(F)c3)NC(=O)CCCC(=O)O)CC2)c1. The molecule has 2 unspecified atom stereocenters. The lowest BCUT2D eigenvalue weighted by Crippen LogP contribution is -2.50. The zero-order valence-corrected chi connectivity index (χ0v) is 19.3. The number of carboxylic acids is 1. The molecule has 0 aromatic heterocycles. The van der Waals surface area contributed by atoms with Gasteiger partial charge in [-0.1, -0.05) is 31.2 Å². The third kappa shape index (κ3) is 7.33. The van der Waals surface area contributed by atoms with Gasteiger partial charge >= 0.3 is 5.97 Å². The number of nitrogens with one attached hydrogen (secondary N) is 2. The van der Waals surface area contributed by atoms with Crippen LogP contribution in [0.3, 0.4) is 0 Å². The minimum atomic E-state index is -1.03. The predicted molar refractivity (Wildman–Crippen MR) is 124 cm³/mol. The number of benzene rings is 2. The molecule has 184 valence electrons. The van der Waals surface area contributed by atoms with E-state index in [1.165, 1.54) is 17.7 Å². The lowest BCUT2D eigenvalue weighted by molar-refractivity contribution is -0.137. The second-order valence-corrected chi connectivity index (χ2v) is 8.99. The number of halogens is 2. The first-order valence-corrected chi connectivity index (χ1v) is 11.7. The van der Waals surface area contributed by atoms with Crippen molar-refractivity contribution in [1.29, 1.82) is 0 Å². The van der Waals surface area contributed by atoms with Crippen molar-refractivity contribution in [2.45, 2.75) is 69.6 Å². The summed E-state index contributed by atoms with van der Waals surface area (Å²) in [5, 5.41) is 25.9. The highest BCUT2D eigenvalue weighted by atomic mass is 19.1. The average molecular weight is 475 g/mol. The zero-order valence-electron chi connectivity index (χ0n) is 19.3. The van der Waals surface area contributed by atoms with E-state index in [4.69, 9.17) is 5.11 Å². The smallest absolute Gasteiger partial charge is 0.303 e. The fourth-order valence-corrected chi connectivity index (χ4v) is 4.17. The summed E-state index contributed by atoms with van der Waals surface area (Å²) in [6.07, 6.45) is 1.77. The summed E-state index contributed by atoms with van der Waals surface area (Å²) in [5.74, 6) is -2.88. The van der Waals surface area contributed by atoms with Crippen LogP contribution >= 0.6 is 0 Å². The Morgan fingerprint density at radius 1 is 1.06 bits per heavy atom. The van der Waals surface area contributed by atoms with Crippen molar-refractivity contribution >= 4 is 11.9 Å². The average Bonchev–Trinajstić information content (AvgIpc) is 3.57. The van der Waals surface area contributed by atoms with Crippen molar-refractivity contribution in [2.24, 2.45) is 0 Å². The van der Waals surface area contributed by atoms with Gasteiger partial charge in [-0.15, -0.1) is 0 Å². The van der Waals surface area contributed by atoms with E-state index < -0.39 is 35.7 Å². The number of carbonyl (C=O) groups is 2. The van der Waals surface area contributed by atoms with E-state index in [1.807, 2.05) is 6.07 Å². The van der Waals surface area contributed by atoms with Gasteiger partial charge < -0.3 is 20.8 Å². The highest BCUT2D eigenvalue weighted by Crippen LogP contribution is 2.45. The van der Waals surface area contributed by atoms with Crippen LogP contribution in [0.25, 0.3) is 0 Å². The van der Waals surface area contributed by atoms with Crippen molar-refractivity contribution in [3.8, 4) is 0 Å². The molecule has 1 aliphatic carbocycles. The molecule has 8 heteroatoms. The minimum Gasteiger partial charge on any atom is -0.481 e. The van der Waals surface area contributed by atoms with Gasteiger partial charge in [-0.25, -0.2) is 8.78 Å². The summed E-state index contributed by atoms with van der Waals surface area (Å²) < 4.78 is 27.4. The lowest BCUT2D eigenvalue weighted by Gasteiger charge is -2.27. The van der Waals surface area contributed by atoms with Gasteiger partial charge in [-0.3, -0.25) is 9.59 Å². The number of aliphatic hydroxyl groups excluding tert-OH is 1. The van der Waals surface area contributed by atoms with Crippen molar-refractivity contribution in [3.05, 3.63) is 70.8 Å². The first-order chi connectivity index (χ1) is 16.2. The maximum absolute atomic E-state index is 13.7. The Morgan fingerprint density at radius 3 is 2.38 bits per heavy atom. The molecule has 0 bridgehead atoms. The molecular weight excluding hydrogens is 442 g/mol. The number of hydrogen-bond donors (Lipinski definition) is 4. The van der Waals surface area contributed by atoms with Gasteiger partial charge in [0.05, 0.1) is 12.1 Å². The quantitative estimate of drug-likeness (QED) is 0.357. The summed E-state index contributed by atoms with van der Waals surface area (Å²) in [7, 11) is 0. The zero-order chi connectivity index (χ0) is 24.7. The number of aliphatic carboxylic acids is 1. The lowest BCUT2D eigenvalue weighted by atomic mass is 9.98. The first kappa shape index (κ1) is 25.8. The predicted octanol–water partition coefficient (Wildman–Crippen LogP) is 3.45. The number of aryl methyl sites for hydroxylation is 1. The number of aliphatic hydroxyl groups is 1. The maximum Gasteiger partial charge on any atom is 0.303 e. The number of carbonyl (C=O) groups excluding carboxylic acids is 1. The fraction of sp³-hybridized carbons (Fsp3) is 0.462. The largest absolute Gasteiger partial charge is 0.481 e. The molecule has 0 heterocycles. The van der Waals surface area contributed by atoms with E-state index in [2.05, 4.69) is 35.8 Å². The van der Waals surface area contributed by atoms with Gasteiger partial charge in [0.15, 0.2) is 0 Å². The molecular formula is C26H32F2N2O4. The number of carboxylic acid groups (broad SMARTS) is 1. The highest BCUT2D eigenvalue weighted by Gasteiger charge is 2.44. The molecule has 1 aliphatic rings. The highest BCUT2D eigenvalue weighted by molar-refractivity contribution is 5.77. The molecule has 0 radical (unpaired) electrons. The van der Waals surface area contributed by atoms with E-state index in [0.29, 0.717) is 5.56 Å². The molecule has 2 aromatic carbocycles. The Labute approximate surface area is 198 Å². The number of rotatable bonds is 13. The van der Waals surface area contributed by atoms with Crippen molar-refractivity contribution < 1.29 is 28.6 Å². The Morgan fingerprint density at radius 2 is 1.76 bits per heavy atom. The van der Waals surface area contributed by atoms with E-state index in [0.717, 1.165) is 30.9 Å². The van der Waals surface area contributed by atoms with E-state index >= 15 is 0 Å². The van der Waals surface area contributed by atoms with Crippen LogP contribution in [0.4, 0.5) is 8.78 Å². The molecule has 34 heavy (non-hydrogen) atoms. The van der Waals surface area contributed by atoms with Crippen LogP contribution in [0.1, 0.15) is 55.7 Å². The molecule has 3 rings (SSSR count). The van der Waals surface area contributed by atoms with Crippen molar-refractivity contribution in [2.75, 3.05) is 6.54 Å². The summed E-state index contributed by atoms with van der Waals surface area (Å²) in [4.78, 5) is 23.1. The minimum absolute atomic E-state index is 0.0196. The van der Waals surface area contributed by atoms with Crippen molar-refractivity contribution in [1.82, 2.24) is 10.6 Å². The molecule has 1 fully saturated rings. The second kappa shape index (κ2) is 11.5. The molecule has 1 saturated carbocycles.